The molecule has 24 heavy (non-hydrogen) atoms. The van der Waals surface area contributed by atoms with Gasteiger partial charge in [-0.15, -0.1) is 0 Å². The Morgan fingerprint density at radius 3 is 2.33 bits per heavy atom. The van der Waals surface area contributed by atoms with Crippen LogP contribution in [-0.2, 0) is 9.59 Å². The smallest absolute Gasteiger partial charge is 0.263 e. The topological polar surface area (TPSA) is 133 Å². The lowest BCUT2D eigenvalue weighted by atomic mass is 9.86. The monoisotopic (exact) mass is 318 g/mol. The first-order valence-corrected chi connectivity index (χ1v) is 7.14. The number of nitrogens with one attached hydrogen (secondary N) is 2. The van der Waals surface area contributed by atoms with E-state index in [0.29, 0.717) is 5.69 Å². The molecule has 1 saturated carbocycles. The highest BCUT2D eigenvalue weighted by Crippen LogP contribution is 2.82. The molecule has 3 unspecified atom stereocenters. The van der Waals surface area contributed by atoms with Crippen molar-refractivity contribution in [1.29, 1.82) is 15.9 Å². The van der Waals surface area contributed by atoms with Gasteiger partial charge in [0.2, 0.25) is 5.91 Å². The van der Waals surface area contributed by atoms with Gasteiger partial charge in [-0.1, -0.05) is 18.2 Å². The number of carbonyl (C=O) groups excluding carboxylic acids is 2. The molecule has 3 aliphatic rings. The van der Waals surface area contributed by atoms with Gasteiger partial charge in [-0.05, 0) is 19.1 Å². The van der Waals surface area contributed by atoms with E-state index in [2.05, 4.69) is 10.4 Å². The van der Waals surface area contributed by atoms with Crippen LogP contribution in [0, 0.1) is 44.3 Å². The first-order chi connectivity index (χ1) is 11.5. The molecule has 3 atom stereocenters. The van der Waals surface area contributed by atoms with Crippen LogP contribution < -0.4 is 10.3 Å². The number of carbonyl (C=O) groups is 2. The molecular weight excluding hydrogens is 308 g/mol. The maximum absolute atomic E-state index is 13.2. The van der Waals surface area contributed by atoms with Crippen LogP contribution in [0.4, 0.5) is 5.69 Å². The van der Waals surface area contributed by atoms with Crippen LogP contribution in [0.5, 0.6) is 0 Å². The van der Waals surface area contributed by atoms with Crippen LogP contribution in [0.3, 0.4) is 0 Å². The summed E-state index contributed by atoms with van der Waals surface area (Å²) in [5.74, 6) is -1.85. The third kappa shape index (κ3) is 0.991. The Hall–Kier alpha value is -3.52. The van der Waals surface area contributed by atoms with Gasteiger partial charge in [0.05, 0.1) is 23.5 Å². The third-order valence-electron chi connectivity index (χ3n) is 5.22. The zero-order valence-corrected chi connectivity index (χ0v) is 12.5. The van der Waals surface area contributed by atoms with Gasteiger partial charge in [0.25, 0.3) is 5.91 Å². The number of piperidine rings is 1. The molecule has 0 bridgehead atoms. The molecule has 1 aromatic carbocycles. The Labute approximate surface area is 136 Å². The lowest BCUT2D eigenvalue weighted by Crippen LogP contribution is -2.45. The summed E-state index contributed by atoms with van der Waals surface area (Å²) in [6.07, 6.45) is 0. The molecule has 2 fully saturated rings. The second kappa shape index (κ2) is 3.87. The number of hydrogen-bond acceptors (Lipinski definition) is 6. The van der Waals surface area contributed by atoms with Gasteiger partial charge in [0.15, 0.2) is 10.8 Å². The molecule has 1 aromatic rings. The molecule has 0 radical (unpaired) electrons. The van der Waals surface area contributed by atoms with Crippen molar-refractivity contribution in [3.05, 3.63) is 30.3 Å². The highest BCUT2D eigenvalue weighted by atomic mass is 16.2. The first-order valence-electron chi connectivity index (χ1n) is 7.14. The highest BCUT2D eigenvalue weighted by molar-refractivity contribution is 6.37. The minimum atomic E-state index is -1.94. The molecule has 4 rings (SSSR count). The van der Waals surface area contributed by atoms with Crippen molar-refractivity contribution in [3.8, 4) is 12.1 Å². The fourth-order valence-corrected chi connectivity index (χ4v) is 4.21. The fourth-order valence-electron chi connectivity index (χ4n) is 4.21. The Bertz CT molecular complexity index is 915. The van der Waals surface area contributed by atoms with E-state index in [1.165, 1.54) is 6.92 Å². The molecule has 116 valence electrons. The van der Waals surface area contributed by atoms with Crippen molar-refractivity contribution < 1.29 is 9.59 Å². The number of nitrogens with zero attached hydrogens (tertiary/aromatic N) is 4. The van der Waals surface area contributed by atoms with Crippen molar-refractivity contribution in [1.82, 2.24) is 5.32 Å². The number of para-hydroxylation sites is 1. The predicted molar refractivity (Wildman–Crippen MR) is 81.4 cm³/mol. The number of fused-ring (bicyclic) bond motifs is 3. The summed E-state index contributed by atoms with van der Waals surface area (Å²) < 4.78 is 0. The summed E-state index contributed by atoms with van der Waals surface area (Å²) in [5.41, 5.74) is -4.87. The number of nitriles is 2. The molecule has 2 N–H and O–H groups in total. The van der Waals surface area contributed by atoms with Crippen molar-refractivity contribution in [2.24, 2.45) is 21.3 Å². The lowest BCUT2D eigenvalue weighted by molar-refractivity contribution is -0.128. The SMILES string of the molecule is CC1=NN(c2ccccc2)C(=O)C12C1(C#N)C(=N)NC(=O)C12C#N. The van der Waals surface area contributed by atoms with Crippen molar-refractivity contribution in [3.63, 3.8) is 0 Å². The Balaban J connectivity index is 1.96. The highest BCUT2D eigenvalue weighted by Gasteiger charge is 3.03. The number of hydrazone groups is 1. The second-order valence-electron chi connectivity index (χ2n) is 5.94. The summed E-state index contributed by atoms with van der Waals surface area (Å²) >= 11 is 0. The van der Waals surface area contributed by atoms with E-state index in [1.807, 2.05) is 12.1 Å². The molecular formula is C16H10N6O2. The molecule has 8 heteroatoms. The number of amidine groups is 1. The van der Waals surface area contributed by atoms with Crippen molar-refractivity contribution >= 4 is 29.0 Å². The average molecular weight is 318 g/mol. The van der Waals surface area contributed by atoms with E-state index in [0.717, 1.165) is 5.01 Å². The van der Waals surface area contributed by atoms with Gasteiger partial charge in [0, 0.05) is 0 Å². The number of benzene rings is 1. The van der Waals surface area contributed by atoms with Gasteiger partial charge in [0.1, 0.15) is 11.3 Å². The zero-order valence-electron chi connectivity index (χ0n) is 12.5. The van der Waals surface area contributed by atoms with Crippen LogP contribution in [0.2, 0.25) is 0 Å². The predicted octanol–water partition coefficient (Wildman–Crippen LogP) is 0.536. The van der Waals surface area contributed by atoms with Crippen LogP contribution in [-0.4, -0.2) is 23.4 Å². The van der Waals surface area contributed by atoms with E-state index < -0.39 is 33.9 Å². The van der Waals surface area contributed by atoms with Crippen LogP contribution >= 0.6 is 0 Å². The molecule has 2 heterocycles. The van der Waals surface area contributed by atoms with E-state index in [1.54, 1.807) is 30.3 Å². The Morgan fingerprint density at radius 1 is 1.17 bits per heavy atom. The summed E-state index contributed by atoms with van der Waals surface area (Å²) in [7, 11) is 0. The van der Waals surface area contributed by atoms with E-state index >= 15 is 0 Å². The second-order valence-corrected chi connectivity index (χ2v) is 5.94. The first kappa shape index (κ1) is 14.1. The third-order valence-corrected chi connectivity index (χ3v) is 5.22. The van der Waals surface area contributed by atoms with Gasteiger partial charge in [-0.25, -0.2) is 0 Å². The average Bonchev–Trinajstić information content (AvgIpc) is 2.98. The Morgan fingerprint density at radius 2 is 1.79 bits per heavy atom. The lowest BCUT2D eigenvalue weighted by Gasteiger charge is -2.19. The van der Waals surface area contributed by atoms with E-state index in [-0.39, 0.29) is 5.71 Å². The number of rotatable bonds is 1. The molecule has 0 aromatic heterocycles. The maximum Gasteiger partial charge on any atom is 0.263 e. The van der Waals surface area contributed by atoms with Gasteiger partial charge in [-0.3, -0.25) is 15.0 Å². The summed E-state index contributed by atoms with van der Waals surface area (Å²) in [4.78, 5) is 25.6. The van der Waals surface area contributed by atoms with Gasteiger partial charge >= 0.3 is 0 Å². The quantitative estimate of drug-likeness (QED) is 0.781. The molecule has 2 aliphatic heterocycles. The minimum absolute atomic E-state index is 0.194. The van der Waals surface area contributed by atoms with E-state index in [9.17, 15) is 20.1 Å². The number of hydrogen-bond donors (Lipinski definition) is 2. The fraction of sp³-hybridized carbons (Fsp3) is 0.250. The van der Waals surface area contributed by atoms with Crippen molar-refractivity contribution in [2.45, 2.75) is 6.92 Å². The Kier molecular flexibility index (Phi) is 2.27. The summed E-state index contributed by atoms with van der Waals surface area (Å²) in [6, 6.07) is 12.3. The van der Waals surface area contributed by atoms with Crippen LogP contribution in [0.1, 0.15) is 6.92 Å². The normalized spacial score (nSPS) is 36.0. The summed E-state index contributed by atoms with van der Waals surface area (Å²) in [5, 5.41) is 34.9. The van der Waals surface area contributed by atoms with Gasteiger partial charge in [-0.2, -0.15) is 20.6 Å². The largest absolute Gasteiger partial charge is 0.312 e. The van der Waals surface area contributed by atoms with Crippen molar-refractivity contribution in [2.75, 3.05) is 5.01 Å². The molecule has 1 saturated heterocycles. The minimum Gasteiger partial charge on any atom is -0.312 e. The number of anilines is 1. The molecule has 8 nitrogen and oxygen atoms in total. The molecule has 2 amide bonds. The molecule has 1 aliphatic carbocycles. The van der Waals surface area contributed by atoms with E-state index in [4.69, 9.17) is 5.41 Å². The molecule has 1 spiro atoms. The van der Waals surface area contributed by atoms with Crippen LogP contribution in [0.15, 0.2) is 35.4 Å². The van der Waals surface area contributed by atoms with Gasteiger partial charge < -0.3 is 5.32 Å². The zero-order chi connectivity index (χ0) is 17.3. The summed E-state index contributed by atoms with van der Waals surface area (Å²) in [6.45, 7) is 1.51. The van der Waals surface area contributed by atoms with Crippen LogP contribution in [0.25, 0.3) is 0 Å². The number of amides is 2. The standard InChI is InChI=1S/C16H10N6O2/c1-9-16(13(24)22(21-9)10-5-3-2-4-6-10)14(7-17)11(19)20-12(23)15(14,16)8-18/h2-6H,1H3,(H2,19,20,23). The maximum atomic E-state index is 13.2.